The van der Waals surface area contributed by atoms with Crippen LogP contribution < -0.4 is 0 Å². The third kappa shape index (κ3) is 5.54. The molecule has 0 amide bonds. The summed E-state index contributed by atoms with van der Waals surface area (Å²) in [5, 5.41) is 0. The van der Waals surface area contributed by atoms with Crippen LogP contribution in [0.25, 0.3) is 20.2 Å². The van der Waals surface area contributed by atoms with Crippen LogP contribution in [0.15, 0.2) is 52.3 Å². The summed E-state index contributed by atoms with van der Waals surface area (Å²) in [6, 6.07) is 18.0. The van der Waals surface area contributed by atoms with Crippen LogP contribution in [0.3, 0.4) is 0 Å². The molecule has 0 unspecified atom stereocenters. The Morgan fingerprint density at radius 2 is 1.32 bits per heavy atom. The van der Waals surface area contributed by atoms with Gasteiger partial charge < -0.3 is 0 Å². The molecule has 25 heavy (non-hydrogen) atoms. The first-order chi connectivity index (χ1) is 12.3. The van der Waals surface area contributed by atoms with Gasteiger partial charge in [-0.2, -0.15) is 0 Å². The summed E-state index contributed by atoms with van der Waals surface area (Å²) in [7, 11) is 0. The van der Waals surface area contributed by atoms with Gasteiger partial charge in [0.25, 0.3) is 0 Å². The van der Waals surface area contributed by atoms with E-state index in [1.165, 1.54) is 74.5 Å². The first kappa shape index (κ1) is 18.9. The molecule has 3 rings (SSSR count). The fourth-order valence-corrected chi connectivity index (χ4v) is 5.51. The second-order valence-electron chi connectivity index (χ2n) is 6.48. The fraction of sp³-hybridized carbons (Fsp3) is 0.364. The van der Waals surface area contributed by atoms with Crippen LogP contribution in [0.5, 0.6) is 0 Å². The van der Waals surface area contributed by atoms with Crippen LogP contribution in [0, 0.1) is 0 Å². The van der Waals surface area contributed by atoms with E-state index < -0.39 is 0 Å². The summed E-state index contributed by atoms with van der Waals surface area (Å²) in [4.78, 5) is 4.04. The standard InChI is InChI=1S/C22H25BrS2/c1-2-3-4-5-6-7-8-17-9-11-18(12-10-17)19-13-14-20(24-19)21-15-16-22(23)25-21/h9-16H,2-8H2,1H3. The van der Waals surface area contributed by atoms with E-state index in [0.29, 0.717) is 0 Å². The second-order valence-corrected chi connectivity index (χ2v) is 10.0. The predicted octanol–water partition coefficient (Wildman–Crippen LogP) is 8.81. The van der Waals surface area contributed by atoms with E-state index >= 15 is 0 Å². The van der Waals surface area contributed by atoms with E-state index in [0.717, 1.165) is 0 Å². The number of benzene rings is 1. The second kappa shape index (κ2) is 9.70. The zero-order valence-corrected chi connectivity index (χ0v) is 18.0. The molecule has 2 aromatic heterocycles. The molecule has 2 heterocycles. The molecule has 0 aliphatic rings. The van der Waals surface area contributed by atoms with Gasteiger partial charge in [0.2, 0.25) is 0 Å². The van der Waals surface area contributed by atoms with Gasteiger partial charge in [-0.25, -0.2) is 0 Å². The van der Waals surface area contributed by atoms with Crippen molar-refractivity contribution >= 4 is 38.6 Å². The molecular weight excluding hydrogens is 408 g/mol. The lowest BCUT2D eigenvalue weighted by Gasteiger charge is -2.04. The van der Waals surface area contributed by atoms with E-state index in [1.807, 2.05) is 11.3 Å². The van der Waals surface area contributed by atoms with Crippen molar-refractivity contribution in [3.63, 3.8) is 0 Å². The lowest BCUT2D eigenvalue weighted by molar-refractivity contribution is 0.607. The van der Waals surface area contributed by atoms with Crippen LogP contribution in [-0.2, 0) is 6.42 Å². The number of rotatable bonds is 9. The fourth-order valence-electron chi connectivity index (χ4n) is 3.02. The summed E-state index contributed by atoms with van der Waals surface area (Å²) in [5.74, 6) is 0. The predicted molar refractivity (Wildman–Crippen MR) is 118 cm³/mol. The highest BCUT2D eigenvalue weighted by Gasteiger charge is 2.07. The molecule has 0 N–H and O–H groups in total. The molecule has 3 aromatic rings. The average Bonchev–Trinajstić information content (AvgIpc) is 3.27. The first-order valence-corrected chi connectivity index (χ1v) is 11.6. The van der Waals surface area contributed by atoms with Gasteiger partial charge in [0, 0.05) is 14.6 Å². The molecule has 0 atom stereocenters. The van der Waals surface area contributed by atoms with E-state index in [-0.39, 0.29) is 0 Å². The van der Waals surface area contributed by atoms with Crippen molar-refractivity contribution in [2.24, 2.45) is 0 Å². The third-order valence-electron chi connectivity index (χ3n) is 4.48. The van der Waals surface area contributed by atoms with Gasteiger partial charge >= 0.3 is 0 Å². The molecule has 0 radical (unpaired) electrons. The van der Waals surface area contributed by atoms with Gasteiger partial charge in [0.15, 0.2) is 0 Å². The number of aryl methyl sites for hydroxylation is 1. The summed E-state index contributed by atoms with van der Waals surface area (Å²) in [5.41, 5.74) is 2.80. The van der Waals surface area contributed by atoms with Crippen molar-refractivity contribution in [3.05, 3.63) is 57.9 Å². The lowest BCUT2D eigenvalue weighted by Crippen LogP contribution is -1.86. The number of thiophene rings is 2. The van der Waals surface area contributed by atoms with Crippen molar-refractivity contribution in [2.45, 2.75) is 51.9 Å². The van der Waals surface area contributed by atoms with Crippen LogP contribution in [-0.4, -0.2) is 0 Å². The van der Waals surface area contributed by atoms with Crippen molar-refractivity contribution in [2.75, 3.05) is 0 Å². The van der Waals surface area contributed by atoms with Crippen molar-refractivity contribution in [1.29, 1.82) is 0 Å². The van der Waals surface area contributed by atoms with E-state index in [4.69, 9.17) is 0 Å². The molecule has 1 aromatic carbocycles. The largest absolute Gasteiger partial charge is 0.134 e. The number of unbranched alkanes of at least 4 members (excludes halogenated alkanes) is 5. The van der Waals surface area contributed by atoms with Crippen LogP contribution in [0.1, 0.15) is 51.0 Å². The normalized spacial score (nSPS) is 11.1. The highest BCUT2D eigenvalue weighted by atomic mass is 79.9. The highest BCUT2D eigenvalue weighted by Crippen LogP contribution is 2.38. The molecule has 0 aliphatic carbocycles. The minimum Gasteiger partial charge on any atom is -0.134 e. The molecule has 3 heteroatoms. The summed E-state index contributed by atoms with van der Waals surface area (Å²) >= 11 is 7.22. The smallest absolute Gasteiger partial charge is 0.0705 e. The Balaban J connectivity index is 1.55. The van der Waals surface area contributed by atoms with Gasteiger partial charge in [-0.15, -0.1) is 22.7 Å². The van der Waals surface area contributed by atoms with E-state index in [9.17, 15) is 0 Å². The Kier molecular flexibility index (Phi) is 7.33. The topological polar surface area (TPSA) is 0 Å². The van der Waals surface area contributed by atoms with Gasteiger partial charge in [0.05, 0.1) is 3.79 Å². The summed E-state index contributed by atoms with van der Waals surface area (Å²) < 4.78 is 1.19. The van der Waals surface area contributed by atoms with Gasteiger partial charge in [-0.3, -0.25) is 0 Å². The van der Waals surface area contributed by atoms with E-state index in [2.05, 4.69) is 71.4 Å². The minimum absolute atomic E-state index is 1.19. The van der Waals surface area contributed by atoms with Gasteiger partial charge in [-0.1, -0.05) is 63.3 Å². The minimum atomic E-state index is 1.19. The summed E-state index contributed by atoms with van der Waals surface area (Å²) in [6.07, 6.45) is 9.41. The van der Waals surface area contributed by atoms with Crippen molar-refractivity contribution < 1.29 is 0 Å². The average molecular weight is 433 g/mol. The Bertz CT molecular complexity index is 767. The molecular formula is C22H25BrS2. The summed E-state index contributed by atoms with van der Waals surface area (Å²) in [6.45, 7) is 2.28. The Morgan fingerprint density at radius 1 is 0.680 bits per heavy atom. The monoisotopic (exact) mass is 432 g/mol. The van der Waals surface area contributed by atoms with Gasteiger partial charge in [0.1, 0.15) is 0 Å². The SMILES string of the molecule is CCCCCCCCc1ccc(-c2ccc(-c3ccc(Br)s3)s2)cc1. The molecule has 0 spiro atoms. The lowest BCUT2D eigenvalue weighted by atomic mass is 10.0. The molecule has 0 nitrogen and oxygen atoms in total. The zero-order chi connectivity index (χ0) is 17.5. The Hall–Kier alpha value is -0.900. The maximum absolute atomic E-state index is 3.55. The van der Waals surface area contributed by atoms with Crippen molar-refractivity contribution in [1.82, 2.24) is 0 Å². The molecule has 0 aliphatic heterocycles. The van der Waals surface area contributed by atoms with Crippen LogP contribution in [0.4, 0.5) is 0 Å². The number of halogens is 1. The Morgan fingerprint density at radius 3 is 2.04 bits per heavy atom. The van der Waals surface area contributed by atoms with E-state index in [1.54, 1.807) is 11.3 Å². The highest BCUT2D eigenvalue weighted by molar-refractivity contribution is 9.11. The maximum atomic E-state index is 3.55. The molecule has 0 bridgehead atoms. The molecule has 0 fully saturated rings. The third-order valence-corrected chi connectivity index (χ3v) is 7.43. The van der Waals surface area contributed by atoms with Crippen LogP contribution in [0.2, 0.25) is 0 Å². The quantitative estimate of drug-likeness (QED) is 0.296. The Labute approximate surface area is 168 Å². The van der Waals surface area contributed by atoms with Crippen LogP contribution >= 0.6 is 38.6 Å². The molecule has 0 saturated heterocycles. The van der Waals surface area contributed by atoms with Crippen molar-refractivity contribution in [3.8, 4) is 20.2 Å². The first-order valence-electron chi connectivity index (χ1n) is 9.21. The number of hydrogen-bond donors (Lipinski definition) is 0. The zero-order valence-electron chi connectivity index (χ0n) is 14.8. The van der Waals surface area contributed by atoms with Gasteiger partial charge in [-0.05, 0) is 64.2 Å². The number of hydrogen-bond acceptors (Lipinski definition) is 2. The molecule has 0 saturated carbocycles. The molecule has 132 valence electrons. The maximum Gasteiger partial charge on any atom is 0.0705 e.